The summed E-state index contributed by atoms with van der Waals surface area (Å²) < 4.78 is 67.0. The number of anilines is 2. The Balaban J connectivity index is 1.44. The van der Waals surface area contributed by atoms with E-state index in [9.17, 15) is 21.6 Å². The molecule has 0 bridgehead atoms. The van der Waals surface area contributed by atoms with Crippen molar-refractivity contribution in [3.63, 3.8) is 0 Å². The summed E-state index contributed by atoms with van der Waals surface area (Å²) in [4.78, 5) is 13.8. The van der Waals surface area contributed by atoms with Gasteiger partial charge < -0.3 is 10.2 Å². The lowest BCUT2D eigenvalue weighted by Crippen LogP contribution is -2.47. The first kappa shape index (κ1) is 25.8. The van der Waals surface area contributed by atoms with Crippen molar-refractivity contribution in [2.24, 2.45) is 0 Å². The minimum atomic E-state index is -4.37. The number of likely N-dealkylation sites (N-methyl/N-ethyl adjacent to an activating group) is 1. The van der Waals surface area contributed by atoms with Gasteiger partial charge in [-0.1, -0.05) is 18.2 Å². The van der Waals surface area contributed by atoms with Crippen LogP contribution in [0.25, 0.3) is 0 Å². The molecule has 1 aliphatic carbocycles. The van der Waals surface area contributed by atoms with Crippen molar-refractivity contribution in [1.29, 1.82) is 0 Å². The number of rotatable bonds is 7. The van der Waals surface area contributed by atoms with Crippen LogP contribution in [-0.2, 0) is 16.2 Å². The van der Waals surface area contributed by atoms with Crippen molar-refractivity contribution >= 4 is 21.5 Å². The molecule has 2 heterocycles. The van der Waals surface area contributed by atoms with E-state index in [4.69, 9.17) is 0 Å². The summed E-state index contributed by atoms with van der Waals surface area (Å²) in [5, 5.41) is 3.28. The van der Waals surface area contributed by atoms with Crippen LogP contribution in [0, 0.1) is 0 Å². The maximum Gasteiger partial charge on any atom is 0.416 e. The quantitative estimate of drug-likeness (QED) is 0.477. The minimum absolute atomic E-state index is 0.0104. The Morgan fingerprint density at radius 2 is 1.86 bits per heavy atom. The average Bonchev–Trinajstić information content (AvgIpc) is 2.84. The molecule has 0 aliphatic heterocycles. The topological polar surface area (TPSA) is 100 Å². The Kier molecular flexibility index (Phi) is 7.46. The molecule has 192 valence electrons. The summed E-state index contributed by atoms with van der Waals surface area (Å²) in [6.07, 6.45) is 1.90. The van der Waals surface area contributed by atoms with Gasteiger partial charge in [0.2, 0.25) is 0 Å². The average molecular weight is 521 g/mol. The number of sulfonamides is 1. The maximum absolute atomic E-state index is 13.2. The standard InChI is InChI=1S/C24H27F3N6O2S/c1-33(2)21-13-17(16-4-3-5-18(12-16)24(25,26)27)6-8-20(21)31-19-7-9-23(29-14-19)36(34,35)32-22-10-11-28-15-30-22/h3-5,7,9-12,14-15,17,20-21,31H,6,8,13H2,1-2H3,(H,28,30,32). The molecule has 3 unspecified atom stereocenters. The summed E-state index contributed by atoms with van der Waals surface area (Å²) in [6, 6.07) is 10.1. The number of halogens is 3. The van der Waals surface area contributed by atoms with E-state index in [0.29, 0.717) is 17.7 Å². The van der Waals surface area contributed by atoms with E-state index < -0.39 is 21.8 Å². The van der Waals surface area contributed by atoms with Gasteiger partial charge in [0.15, 0.2) is 5.03 Å². The summed E-state index contributed by atoms with van der Waals surface area (Å²) in [5.41, 5.74) is 0.727. The zero-order valence-electron chi connectivity index (χ0n) is 19.8. The lowest BCUT2D eigenvalue weighted by atomic mass is 9.78. The van der Waals surface area contributed by atoms with Gasteiger partial charge in [0.1, 0.15) is 12.1 Å². The molecule has 2 N–H and O–H groups in total. The SMILES string of the molecule is CN(C)C1CC(c2cccc(C(F)(F)F)c2)CCC1Nc1ccc(S(=O)(=O)Nc2ccncn2)nc1. The highest BCUT2D eigenvalue weighted by molar-refractivity contribution is 7.92. The van der Waals surface area contributed by atoms with Crippen LogP contribution in [0.5, 0.6) is 0 Å². The Bertz CT molecular complexity index is 1270. The van der Waals surface area contributed by atoms with E-state index in [2.05, 4.69) is 29.9 Å². The van der Waals surface area contributed by atoms with Crippen molar-refractivity contribution in [1.82, 2.24) is 19.9 Å². The molecule has 4 rings (SSSR count). The summed E-state index contributed by atoms with van der Waals surface area (Å²) in [5.74, 6) is 0.150. The first-order valence-electron chi connectivity index (χ1n) is 11.4. The highest BCUT2D eigenvalue weighted by Crippen LogP contribution is 2.38. The molecule has 0 radical (unpaired) electrons. The summed E-state index contributed by atoms with van der Waals surface area (Å²) in [7, 11) is -0.0168. The number of benzene rings is 1. The van der Waals surface area contributed by atoms with Crippen molar-refractivity contribution in [3.8, 4) is 0 Å². The Morgan fingerprint density at radius 1 is 1.06 bits per heavy atom. The highest BCUT2D eigenvalue weighted by Gasteiger charge is 2.35. The normalized spacial score (nSPS) is 20.8. The number of aromatic nitrogens is 3. The monoisotopic (exact) mass is 520 g/mol. The molecular weight excluding hydrogens is 493 g/mol. The highest BCUT2D eigenvalue weighted by atomic mass is 32.2. The molecule has 1 aliphatic rings. The van der Waals surface area contributed by atoms with E-state index >= 15 is 0 Å². The molecule has 1 fully saturated rings. The smallest absolute Gasteiger partial charge is 0.379 e. The minimum Gasteiger partial charge on any atom is -0.379 e. The third-order valence-electron chi connectivity index (χ3n) is 6.35. The third kappa shape index (κ3) is 6.11. The fourth-order valence-corrected chi connectivity index (χ4v) is 5.48. The summed E-state index contributed by atoms with van der Waals surface area (Å²) >= 11 is 0. The summed E-state index contributed by atoms with van der Waals surface area (Å²) in [6.45, 7) is 0. The predicted octanol–water partition coefficient (Wildman–Crippen LogP) is 4.37. The first-order chi connectivity index (χ1) is 17.0. The maximum atomic E-state index is 13.2. The van der Waals surface area contributed by atoms with E-state index in [1.807, 2.05) is 14.1 Å². The van der Waals surface area contributed by atoms with E-state index in [0.717, 1.165) is 18.9 Å². The fraction of sp³-hybridized carbons (Fsp3) is 0.375. The van der Waals surface area contributed by atoms with Crippen LogP contribution in [0.1, 0.15) is 36.3 Å². The molecule has 1 aromatic carbocycles. The Labute approximate surface area is 208 Å². The van der Waals surface area contributed by atoms with Crippen LogP contribution in [0.15, 0.2) is 66.2 Å². The molecule has 0 amide bonds. The lowest BCUT2D eigenvalue weighted by Gasteiger charge is -2.41. The van der Waals surface area contributed by atoms with Gasteiger partial charge in [-0.05, 0) is 69.1 Å². The van der Waals surface area contributed by atoms with Gasteiger partial charge >= 0.3 is 6.18 Å². The van der Waals surface area contributed by atoms with Gasteiger partial charge in [0, 0.05) is 18.3 Å². The van der Waals surface area contributed by atoms with Crippen LogP contribution in [0.4, 0.5) is 24.7 Å². The number of nitrogens with one attached hydrogen (secondary N) is 2. The van der Waals surface area contributed by atoms with Crippen molar-refractivity contribution in [2.45, 2.75) is 48.5 Å². The number of alkyl halides is 3. The molecule has 0 spiro atoms. The van der Waals surface area contributed by atoms with Gasteiger partial charge in [-0.2, -0.15) is 21.6 Å². The van der Waals surface area contributed by atoms with Crippen molar-refractivity contribution in [2.75, 3.05) is 24.1 Å². The van der Waals surface area contributed by atoms with E-state index in [1.165, 1.54) is 43.0 Å². The second-order valence-electron chi connectivity index (χ2n) is 9.00. The number of nitrogens with zero attached hydrogens (tertiary/aromatic N) is 4. The van der Waals surface area contributed by atoms with Gasteiger partial charge in [0.25, 0.3) is 10.0 Å². The molecule has 2 aromatic heterocycles. The zero-order chi connectivity index (χ0) is 25.9. The molecule has 3 atom stereocenters. The van der Waals surface area contributed by atoms with Crippen LogP contribution < -0.4 is 10.0 Å². The van der Waals surface area contributed by atoms with Crippen LogP contribution in [-0.4, -0.2) is 54.4 Å². The number of pyridine rings is 1. The zero-order valence-corrected chi connectivity index (χ0v) is 20.6. The predicted molar refractivity (Wildman–Crippen MR) is 130 cm³/mol. The number of hydrogen-bond donors (Lipinski definition) is 2. The van der Waals surface area contributed by atoms with Gasteiger partial charge in [-0.3, -0.25) is 4.72 Å². The van der Waals surface area contributed by atoms with Crippen molar-refractivity contribution < 1.29 is 21.6 Å². The van der Waals surface area contributed by atoms with Gasteiger partial charge in [-0.25, -0.2) is 15.0 Å². The lowest BCUT2D eigenvalue weighted by molar-refractivity contribution is -0.137. The van der Waals surface area contributed by atoms with Crippen LogP contribution in [0.3, 0.4) is 0 Å². The molecule has 12 heteroatoms. The Morgan fingerprint density at radius 3 is 2.50 bits per heavy atom. The van der Waals surface area contributed by atoms with Crippen molar-refractivity contribution in [3.05, 3.63) is 72.3 Å². The van der Waals surface area contributed by atoms with Crippen LogP contribution >= 0.6 is 0 Å². The Hall–Kier alpha value is -3.25. The second kappa shape index (κ2) is 10.4. The van der Waals surface area contributed by atoms with Gasteiger partial charge in [0.05, 0.1) is 17.4 Å². The molecule has 1 saturated carbocycles. The second-order valence-corrected chi connectivity index (χ2v) is 10.6. The van der Waals surface area contributed by atoms with E-state index in [1.54, 1.807) is 12.1 Å². The van der Waals surface area contributed by atoms with Gasteiger partial charge in [-0.15, -0.1) is 0 Å². The van der Waals surface area contributed by atoms with E-state index in [-0.39, 0.29) is 28.8 Å². The first-order valence-corrected chi connectivity index (χ1v) is 12.9. The number of hydrogen-bond acceptors (Lipinski definition) is 7. The molecular formula is C24H27F3N6O2S. The molecule has 0 saturated heterocycles. The molecule has 8 nitrogen and oxygen atoms in total. The molecule has 3 aromatic rings. The molecule has 36 heavy (non-hydrogen) atoms. The van der Waals surface area contributed by atoms with Crippen LogP contribution in [0.2, 0.25) is 0 Å². The largest absolute Gasteiger partial charge is 0.416 e. The third-order valence-corrected chi connectivity index (χ3v) is 7.62. The fourth-order valence-electron chi connectivity index (χ4n) is 4.54.